The van der Waals surface area contributed by atoms with E-state index in [0.717, 1.165) is 17.9 Å². The van der Waals surface area contributed by atoms with Crippen LogP contribution >= 0.6 is 0 Å². The number of nitrogens with zero attached hydrogens (tertiary/aromatic N) is 3. The van der Waals surface area contributed by atoms with Crippen molar-refractivity contribution in [3.63, 3.8) is 0 Å². The molecule has 0 bridgehead atoms. The highest BCUT2D eigenvalue weighted by Gasteiger charge is 2.25. The molecule has 96 valence electrons. The molecule has 5 nitrogen and oxygen atoms in total. The molecule has 2 aromatic rings. The van der Waals surface area contributed by atoms with Crippen LogP contribution in [0.5, 0.6) is 5.75 Å². The predicted molar refractivity (Wildman–Crippen MR) is 67.1 cm³/mol. The molecule has 1 heterocycles. The van der Waals surface area contributed by atoms with E-state index in [1.807, 2.05) is 6.92 Å². The molecule has 2 N–H and O–H groups in total. The van der Waals surface area contributed by atoms with Crippen molar-refractivity contribution in [3.8, 4) is 5.75 Å². The van der Waals surface area contributed by atoms with Crippen molar-refractivity contribution in [2.75, 3.05) is 0 Å². The molecule has 1 aromatic heterocycles. The van der Waals surface area contributed by atoms with Gasteiger partial charge in [0.2, 0.25) is 0 Å². The van der Waals surface area contributed by atoms with Crippen LogP contribution in [0, 0.1) is 0 Å². The normalized spacial score (nSPS) is 14.4. The van der Waals surface area contributed by atoms with Crippen molar-refractivity contribution in [1.82, 2.24) is 14.8 Å². The number of phenols is 1. The molecule has 1 atom stereocenters. The van der Waals surface area contributed by atoms with Gasteiger partial charge in [-0.1, -0.05) is 12.1 Å². The monoisotopic (exact) mass is 247 g/mol. The van der Waals surface area contributed by atoms with E-state index in [9.17, 15) is 10.2 Å². The fourth-order valence-electron chi connectivity index (χ4n) is 1.92. The lowest BCUT2D eigenvalue weighted by Crippen LogP contribution is -2.26. The fourth-order valence-corrected chi connectivity index (χ4v) is 1.92. The summed E-state index contributed by atoms with van der Waals surface area (Å²) in [5, 5.41) is 23.8. The second kappa shape index (κ2) is 4.78. The maximum Gasteiger partial charge on any atom is 0.138 e. The first-order valence-electron chi connectivity index (χ1n) is 5.91. The molecule has 5 heteroatoms. The van der Waals surface area contributed by atoms with E-state index in [-0.39, 0.29) is 5.75 Å². The Hall–Kier alpha value is -1.88. The van der Waals surface area contributed by atoms with Crippen LogP contribution in [0.3, 0.4) is 0 Å². The summed E-state index contributed by atoms with van der Waals surface area (Å²) in [5.74, 6) is 0.932. The molecule has 0 aliphatic heterocycles. The molecule has 18 heavy (non-hydrogen) atoms. The number of aryl methyl sites for hydroxylation is 1. The minimum Gasteiger partial charge on any atom is -0.508 e. The van der Waals surface area contributed by atoms with Crippen LogP contribution < -0.4 is 0 Å². The molecule has 0 fully saturated rings. The summed E-state index contributed by atoms with van der Waals surface area (Å²) >= 11 is 0. The number of aliphatic hydroxyl groups is 1. The Kier molecular flexibility index (Phi) is 3.34. The van der Waals surface area contributed by atoms with E-state index < -0.39 is 5.60 Å². The van der Waals surface area contributed by atoms with Crippen molar-refractivity contribution >= 4 is 0 Å². The molecular weight excluding hydrogens is 230 g/mol. The third-order valence-corrected chi connectivity index (χ3v) is 2.99. The molecule has 0 aliphatic rings. The smallest absolute Gasteiger partial charge is 0.138 e. The Morgan fingerprint density at radius 2 is 1.94 bits per heavy atom. The maximum atomic E-state index is 10.5. The Morgan fingerprint density at radius 1 is 1.28 bits per heavy atom. The number of benzene rings is 1. The summed E-state index contributed by atoms with van der Waals surface area (Å²) in [6.07, 6.45) is 1.87. The first-order chi connectivity index (χ1) is 8.53. The lowest BCUT2D eigenvalue weighted by Gasteiger charge is -2.23. The quantitative estimate of drug-likeness (QED) is 0.858. The number of phenolic OH excluding ortho intramolecular Hbond substituents is 1. The summed E-state index contributed by atoms with van der Waals surface area (Å²) in [7, 11) is 0. The van der Waals surface area contributed by atoms with E-state index in [1.165, 1.54) is 6.33 Å². The molecule has 0 aliphatic carbocycles. The molecule has 0 saturated carbocycles. The third kappa shape index (κ3) is 2.51. The van der Waals surface area contributed by atoms with Crippen LogP contribution in [0.4, 0.5) is 0 Å². The first-order valence-corrected chi connectivity index (χ1v) is 5.91. The first kappa shape index (κ1) is 12.6. The van der Waals surface area contributed by atoms with E-state index in [1.54, 1.807) is 35.9 Å². The van der Waals surface area contributed by atoms with Gasteiger partial charge in [-0.05, 0) is 31.5 Å². The highest BCUT2D eigenvalue weighted by atomic mass is 16.3. The Morgan fingerprint density at radius 3 is 2.56 bits per heavy atom. The molecule has 0 amide bonds. The lowest BCUT2D eigenvalue weighted by atomic mass is 9.92. The van der Waals surface area contributed by atoms with E-state index in [2.05, 4.69) is 10.1 Å². The van der Waals surface area contributed by atoms with Gasteiger partial charge >= 0.3 is 0 Å². The van der Waals surface area contributed by atoms with Crippen molar-refractivity contribution in [3.05, 3.63) is 42.0 Å². The SMILES string of the molecule is CCn1ncnc1CC(C)(O)c1ccc(O)cc1. The third-order valence-electron chi connectivity index (χ3n) is 2.99. The Bertz CT molecular complexity index is 517. The Balaban J connectivity index is 2.23. The summed E-state index contributed by atoms with van der Waals surface area (Å²) in [4.78, 5) is 4.16. The summed E-state index contributed by atoms with van der Waals surface area (Å²) < 4.78 is 1.76. The maximum absolute atomic E-state index is 10.5. The highest BCUT2D eigenvalue weighted by molar-refractivity contribution is 5.30. The van der Waals surface area contributed by atoms with Crippen molar-refractivity contribution in [2.24, 2.45) is 0 Å². The number of aromatic nitrogens is 3. The summed E-state index contributed by atoms with van der Waals surface area (Å²) in [6.45, 7) is 4.43. The van der Waals surface area contributed by atoms with Gasteiger partial charge < -0.3 is 10.2 Å². The van der Waals surface area contributed by atoms with E-state index in [0.29, 0.717) is 6.42 Å². The molecule has 0 spiro atoms. The van der Waals surface area contributed by atoms with E-state index in [4.69, 9.17) is 0 Å². The number of rotatable bonds is 4. The zero-order valence-corrected chi connectivity index (χ0v) is 10.5. The van der Waals surface area contributed by atoms with Crippen LogP contribution in [-0.2, 0) is 18.6 Å². The van der Waals surface area contributed by atoms with Crippen LogP contribution in [-0.4, -0.2) is 25.0 Å². The molecule has 0 radical (unpaired) electrons. The van der Waals surface area contributed by atoms with Crippen molar-refractivity contribution in [2.45, 2.75) is 32.4 Å². The second-order valence-electron chi connectivity index (χ2n) is 4.49. The van der Waals surface area contributed by atoms with Crippen molar-refractivity contribution in [1.29, 1.82) is 0 Å². The van der Waals surface area contributed by atoms with Crippen LogP contribution in [0.25, 0.3) is 0 Å². The average Bonchev–Trinajstić information content (AvgIpc) is 2.76. The lowest BCUT2D eigenvalue weighted by molar-refractivity contribution is 0.0542. The van der Waals surface area contributed by atoms with Gasteiger partial charge in [0.1, 0.15) is 17.9 Å². The second-order valence-corrected chi connectivity index (χ2v) is 4.49. The van der Waals surface area contributed by atoms with Gasteiger partial charge in [-0.3, -0.25) is 4.68 Å². The largest absolute Gasteiger partial charge is 0.508 e. The predicted octanol–water partition coefficient (Wildman–Crippen LogP) is 1.45. The van der Waals surface area contributed by atoms with Gasteiger partial charge in [-0.25, -0.2) is 4.98 Å². The standard InChI is InChI=1S/C13H17N3O2/c1-3-16-12(14-9-15-16)8-13(2,18)10-4-6-11(17)7-5-10/h4-7,9,17-18H,3,8H2,1-2H3. The highest BCUT2D eigenvalue weighted by Crippen LogP contribution is 2.25. The van der Waals surface area contributed by atoms with Crippen molar-refractivity contribution < 1.29 is 10.2 Å². The van der Waals surface area contributed by atoms with E-state index >= 15 is 0 Å². The van der Waals surface area contributed by atoms with Crippen LogP contribution in [0.15, 0.2) is 30.6 Å². The Labute approximate surface area is 106 Å². The topological polar surface area (TPSA) is 71.2 Å². The van der Waals surface area contributed by atoms with Gasteiger partial charge in [-0.15, -0.1) is 0 Å². The van der Waals surface area contributed by atoms with Gasteiger partial charge in [0.25, 0.3) is 0 Å². The van der Waals surface area contributed by atoms with Gasteiger partial charge in [0.05, 0.1) is 5.60 Å². The average molecular weight is 247 g/mol. The number of hydrogen-bond donors (Lipinski definition) is 2. The van der Waals surface area contributed by atoms with Crippen LogP contribution in [0.1, 0.15) is 25.2 Å². The summed E-state index contributed by atoms with van der Waals surface area (Å²) in [6, 6.07) is 6.55. The molecule has 1 aromatic carbocycles. The molecular formula is C13H17N3O2. The minimum absolute atomic E-state index is 0.186. The molecule has 0 saturated heterocycles. The molecule has 1 unspecified atom stereocenters. The summed E-state index contributed by atoms with van der Waals surface area (Å²) in [5.41, 5.74) is -0.292. The van der Waals surface area contributed by atoms with Crippen LogP contribution in [0.2, 0.25) is 0 Å². The fraction of sp³-hybridized carbons (Fsp3) is 0.385. The number of aromatic hydroxyl groups is 1. The zero-order valence-electron chi connectivity index (χ0n) is 10.5. The zero-order chi connectivity index (χ0) is 13.2. The van der Waals surface area contributed by atoms with Gasteiger partial charge in [0.15, 0.2) is 0 Å². The minimum atomic E-state index is -1.03. The molecule has 2 rings (SSSR count). The number of hydrogen-bond acceptors (Lipinski definition) is 4. The van der Waals surface area contributed by atoms with Gasteiger partial charge in [-0.2, -0.15) is 5.10 Å². The van der Waals surface area contributed by atoms with Gasteiger partial charge in [0, 0.05) is 13.0 Å².